The number of rotatable bonds is 1. The molecule has 2 fully saturated rings. The Labute approximate surface area is 180 Å². The molecule has 5 rings (SSSR count). The third-order valence-corrected chi connectivity index (χ3v) is 6.55. The Bertz CT molecular complexity index is 1080. The number of hydrogen-bond acceptors (Lipinski definition) is 6. The maximum absolute atomic E-state index is 13.2. The Kier molecular flexibility index (Phi) is 4.37. The summed E-state index contributed by atoms with van der Waals surface area (Å²) in [4.78, 5) is 44.7. The summed E-state index contributed by atoms with van der Waals surface area (Å²) < 4.78 is 6.03. The first kappa shape index (κ1) is 19.7. The van der Waals surface area contributed by atoms with Crippen LogP contribution >= 0.6 is 0 Å². The van der Waals surface area contributed by atoms with E-state index in [2.05, 4.69) is 20.5 Å². The molecule has 2 N–H and O–H groups in total. The molecule has 3 aliphatic heterocycles. The van der Waals surface area contributed by atoms with Crippen molar-refractivity contribution in [2.24, 2.45) is 5.41 Å². The molecule has 3 atom stereocenters. The van der Waals surface area contributed by atoms with Gasteiger partial charge in [-0.3, -0.25) is 25.2 Å². The van der Waals surface area contributed by atoms with E-state index in [1.807, 2.05) is 57.3 Å². The van der Waals surface area contributed by atoms with E-state index in [-0.39, 0.29) is 18.6 Å². The summed E-state index contributed by atoms with van der Waals surface area (Å²) in [5, 5.41) is 4.63. The zero-order valence-electron chi connectivity index (χ0n) is 17.6. The molecule has 0 bridgehead atoms. The van der Waals surface area contributed by atoms with E-state index in [0.29, 0.717) is 6.54 Å². The van der Waals surface area contributed by atoms with Gasteiger partial charge in [0.05, 0.1) is 18.2 Å². The fourth-order valence-corrected chi connectivity index (χ4v) is 5.27. The predicted octanol–water partition coefficient (Wildman–Crippen LogP) is 1.95. The van der Waals surface area contributed by atoms with E-state index >= 15 is 0 Å². The number of pyridine rings is 1. The predicted molar refractivity (Wildman–Crippen MR) is 113 cm³/mol. The summed E-state index contributed by atoms with van der Waals surface area (Å²) in [5.74, 6) is -1.15. The summed E-state index contributed by atoms with van der Waals surface area (Å²) in [6.45, 7) is 6.33. The highest BCUT2D eigenvalue weighted by atomic mass is 16.5. The van der Waals surface area contributed by atoms with Gasteiger partial charge in [0, 0.05) is 29.7 Å². The van der Waals surface area contributed by atoms with Crippen molar-refractivity contribution in [3.05, 3.63) is 47.8 Å². The van der Waals surface area contributed by atoms with Crippen LogP contribution in [0.15, 0.2) is 36.5 Å². The normalized spacial score (nSPS) is 26.7. The van der Waals surface area contributed by atoms with Crippen LogP contribution in [0.5, 0.6) is 0 Å². The van der Waals surface area contributed by atoms with E-state index in [4.69, 9.17) is 4.74 Å². The monoisotopic (exact) mass is 420 g/mol. The molecule has 1 aromatic carbocycles. The molecule has 160 valence electrons. The largest absolute Gasteiger partial charge is 0.372 e. The number of anilines is 1. The van der Waals surface area contributed by atoms with Gasteiger partial charge < -0.3 is 9.64 Å². The molecule has 8 nitrogen and oxygen atoms in total. The van der Waals surface area contributed by atoms with Crippen molar-refractivity contribution >= 4 is 23.5 Å². The number of aromatic nitrogens is 1. The molecule has 0 aliphatic carbocycles. The lowest BCUT2D eigenvalue weighted by molar-refractivity contribution is -0.153. The molecular formula is C23H24N4O4. The number of ether oxygens (including phenoxy) is 1. The van der Waals surface area contributed by atoms with Crippen molar-refractivity contribution in [2.45, 2.75) is 45.4 Å². The fraction of sp³-hybridized carbons (Fsp3) is 0.391. The molecule has 2 aromatic rings. The van der Waals surface area contributed by atoms with Crippen molar-refractivity contribution in [3.63, 3.8) is 0 Å². The first-order chi connectivity index (χ1) is 14.8. The highest BCUT2D eigenvalue weighted by molar-refractivity contribution is 6.20. The average Bonchev–Trinajstić information content (AvgIpc) is 2.71. The summed E-state index contributed by atoms with van der Waals surface area (Å²) in [6, 6.07) is 8.75. The van der Waals surface area contributed by atoms with Crippen molar-refractivity contribution < 1.29 is 19.1 Å². The number of nitrogens with one attached hydrogen (secondary N) is 2. The second-order valence-corrected chi connectivity index (χ2v) is 8.67. The van der Waals surface area contributed by atoms with Crippen molar-refractivity contribution in [2.75, 3.05) is 11.4 Å². The number of urea groups is 1. The number of nitrogens with zero attached hydrogens (tertiary/aromatic N) is 2. The number of carbonyl (C=O) groups is 3. The molecule has 0 unspecified atom stereocenters. The van der Waals surface area contributed by atoms with Gasteiger partial charge in [0.25, 0.3) is 0 Å². The van der Waals surface area contributed by atoms with Crippen LogP contribution in [0.3, 0.4) is 0 Å². The van der Waals surface area contributed by atoms with E-state index in [0.717, 1.165) is 28.1 Å². The zero-order chi connectivity index (χ0) is 21.9. The minimum atomic E-state index is -1.45. The van der Waals surface area contributed by atoms with Crippen molar-refractivity contribution in [1.29, 1.82) is 0 Å². The third-order valence-electron chi connectivity index (χ3n) is 6.55. The Balaban J connectivity index is 1.66. The number of aryl methyl sites for hydroxylation is 1. The highest BCUT2D eigenvalue weighted by Gasteiger charge is 2.62. The van der Waals surface area contributed by atoms with Gasteiger partial charge in [-0.25, -0.2) is 4.79 Å². The Hall–Kier alpha value is -3.26. The molecule has 0 radical (unpaired) electrons. The molecular weight excluding hydrogens is 396 g/mol. The maximum Gasteiger partial charge on any atom is 0.328 e. The number of hydrogen-bond donors (Lipinski definition) is 2. The molecule has 4 amide bonds. The van der Waals surface area contributed by atoms with Crippen LogP contribution in [0.2, 0.25) is 0 Å². The van der Waals surface area contributed by atoms with Gasteiger partial charge in [-0.05, 0) is 56.5 Å². The van der Waals surface area contributed by atoms with Gasteiger partial charge in [0.2, 0.25) is 11.8 Å². The molecule has 2 saturated heterocycles. The van der Waals surface area contributed by atoms with E-state index in [1.54, 1.807) is 0 Å². The van der Waals surface area contributed by atoms with Crippen LogP contribution in [0.1, 0.15) is 25.1 Å². The number of carbonyl (C=O) groups excluding carboxylic acids is 3. The van der Waals surface area contributed by atoms with Crippen LogP contribution in [0, 0.1) is 12.3 Å². The quantitative estimate of drug-likeness (QED) is 0.684. The molecule has 3 aliphatic rings. The highest BCUT2D eigenvalue weighted by Crippen LogP contribution is 2.47. The molecule has 4 heterocycles. The molecule has 1 aromatic heterocycles. The van der Waals surface area contributed by atoms with Crippen LogP contribution in [-0.2, 0) is 20.7 Å². The van der Waals surface area contributed by atoms with E-state index in [1.165, 1.54) is 0 Å². The molecule has 0 saturated carbocycles. The smallest absolute Gasteiger partial charge is 0.328 e. The van der Waals surface area contributed by atoms with Crippen LogP contribution in [0.4, 0.5) is 10.5 Å². The second kappa shape index (κ2) is 6.88. The SMILES string of the molecule is Cc1ccc(-c2ccc3c(c2)CC2(C(=O)NC(=O)NC2=O)[C@H]2[C@H](C)O[C@H](C)CN32)cn1. The number of fused-ring (bicyclic) bond motifs is 4. The summed E-state index contributed by atoms with van der Waals surface area (Å²) in [5.41, 5.74) is 3.27. The minimum Gasteiger partial charge on any atom is -0.372 e. The molecule has 1 spiro atoms. The van der Waals surface area contributed by atoms with Gasteiger partial charge in [-0.1, -0.05) is 12.1 Å². The second-order valence-electron chi connectivity index (χ2n) is 8.67. The molecule has 8 heteroatoms. The number of imide groups is 2. The van der Waals surface area contributed by atoms with E-state index < -0.39 is 29.3 Å². The number of amides is 4. The Morgan fingerprint density at radius 1 is 1.06 bits per heavy atom. The summed E-state index contributed by atoms with van der Waals surface area (Å²) >= 11 is 0. The number of morpholine rings is 1. The third kappa shape index (κ3) is 2.93. The summed E-state index contributed by atoms with van der Waals surface area (Å²) in [7, 11) is 0. The minimum absolute atomic E-state index is 0.0634. The lowest BCUT2D eigenvalue weighted by Crippen LogP contribution is -2.75. The topological polar surface area (TPSA) is 101 Å². The van der Waals surface area contributed by atoms with E-state index in [9.17, 15) is 14.4 Å². The lowest BCUT2D eigenvalue weighted by atomic mass is 9.66. The van der Waals surface area contributed by atoms with Crippen molar-refractivity contribution in [1.82, 2.24) is 15.6 Å². The van der Waals surface area contributed by atoms with Crippen LogP contribution in [0.25, 0.3) is 11.1 Å². The van der Waals surface area contributed by atoms with Gasteiger partial charge >= 0.3 is 6.03 Å². The van der Waals surface area contributed by atoms with Gasteiger partial charge in [0.1, 0.15) is 0 Å². The lowest BCUT2D eigenvalue weighted by Gasteiger charge is -2.55. The number of barbiturate groups is 1. The zero-order valence-corrected chi connectivity index (χ0v) is 17.6. The van der Waals surface area contributed by atoms with Crippen molar-refractivity contribution in [3.8, 4) is 11.1 Å². The molecule has 31 heavy (non-hydrogen) atoms. The standard InChI is InChI=1S/C23H24N4O4/c1-12-4-5-16(10-24-12)15-6-7-18-17(8-15)9-23(20(28)25-22(30)26-21(23)29)19-14(3)31-13(2)11-27(18)19/h4-8,10,13-14,19H,9,11H2,1-3H3,(H2,25,26,28,29,30)/t13-,14+,19-/m1/s1. The average molecular weight is 420 g/mol. The Morgan fingerprint density at radius 2 is 1.77 bits per heavy atom. The first-order valence-electron chi connectivity index (χ1n) is 10.4. The number of benzene rings is 1. The summed E-state index contributed by atoms with van der Waals surface area (Å²) in [6.07, 6.45) is 1.56. The van der Waals surface area contributed by atoms with Gasteiger partial charge in [0.15, 0.2) is 5.41 Å². The Morgan fingerprint density at radius 3 is 2.45 bits per heavy atom. The van der Waals surface area contributed by atoms with Crippen LogP contribution < -0.4 is 15.5 Å². The maximum atomic E-state index is 13.2. The first-order valence-corrected chi connectivity index (χ1v) is 10.4. The fourth-order valence-electron chi connectivity index (χ4n) is 5.27. The van der Waals surface area contributed by atoms with Gasteiger partial charge in [-0.15, -0.1) is 0 Å². The van der Waals surface area contributed by atoms with Crippen LogP contribution in [-0.4, -0.2) is 47.6 Å². The van der Waals surface area contributed by atoms with Gasteiger partial charge in [-0.2, -0.15) is 0 Å².